The highest BCUT2D eigenvalue weighted by Crippen LogP contribution is 1.93. The van der Waals surface area contributed by atoms with Crippen LogP contribution in [0, 0.1) is 0 Å². The van der Waals surface area contributed by atoms with E-state index in [0.717, 1.165) is 0 Å². The van der Waals surface area contributed by atoms with Crippen LogP contribution in [0.2, 0.25) is 0 Å². The second kappa shape index (κ2) is 5.59. The minimum atomic E-state index is -0.757. The van der Waals surface area contributed by atoms with Crippen molar-refractivity contribution in [2.75, 3.05) is 14.1 Å². The summed E-state index contributed by atoms with van der Waals surface area (Å²) in [7, 11) is 3.27. The third-order valence-corrected chi connectivity index (χ3v) is 1.66. The first-order valence-corrected chi connectivity index (χ1v) is 4.60. The molecular weight excluding hydrogens is 182 g/mol. The van der Waals surface area contributed by atoms with Crippen molar-refractivity contribution in [3.63, 3.8) is 0 Å². The third kappa shape index (κ3) is 4.81. The van der Waals surface area contributed by atoms with Crippen LogP contribution in [0.15, 0.2) is 0 Å². The molecule has 0 bridgehead atoms. The van der Waals surface area contributed by atoms with Crippen LogP contribution in [0.25, 0.3) is 0 Å². The van der Waals surface area contributed by atoms with E-state index < -0.39 is 6.04 Å². The summed E-state index contributed by atoms with van der Waals surface area (Å²) in [5, 5.41) is 2.65. The van der Waals surface area contributed by atoms with Gasteiger partial charge in [-0.15, -0.1) is 0 Å². The summed E-state index contributed by atoms with van der Waals surface area (Å²) >= 11 is 0. The lowest BCUT2D eigenvalue weighted by Crippen LogP contribution is -2.45. The van der Waals surface area contributed by atoms with Crippen LogP contribution in [0.3, 0.4) is 0 Å². The normalized spacial score (nSPS) is 12.4. The van der Waals surface area contributed by atoms with Crippen molar-refractivity contribution in [1.29, 1.82) is 0 Å². The van der Waals surface area contributed by atoms with Crippen LogP contribution in [-0.2, 0) is 9.59 Å². The first kappa shape index (κ1) is 12.9. The molecule has 82 valence electrons. The molecule has 0 aliphatic heterocycles. The summed E-state index contributed by atoms with van der Waals surface area (Å²) in [6.45, 7) is 3.69. The first-order chi connectivity index (χ1) is 6.34. The predicted octanol–water partition coefficient (Wildman–Crippen LogP) is -0.683. The van der Waals surface area contributed by atoms with E-state index in [2.05, 4.69) is 5.32 Å². The Morgan fingerprint density at radius 3 is 2.21 bits per heavy atom. The van der Waals surface area contributed by atoms with Crippen LogP contribution in [-0.4, -0.2) is 42.9 Å². The minimum Gasteiger partial charge on any atom is -0.353 e. The molecule has 2 amide bonds. The number of amides is 2. The summed E-state index contributed by atoms with van der Waals surface area (Å²) < 4.78 is 0. The number of carbonyl (C=O) groups is 2. The van der Waals surface area contributed by atoms with Gasteiger partial charge in [0.05, 0.1) is 12.5 Å². The van der Waals surface area contributed by atoms with Gasteiger partial charge in [-0.05, 0) is 13.8 Å². The van der Waals surface area contributed by atoms with E-state index in [1.165, 1.54) is 4.90 Å². The van der Waals surface area contributed by atoms with Gasteiger partial charge in [0.2, 0.25) is 11.8 Å². The molecule has 0 spiro atoms. The number of nitrogens with one attached hydrogen (secondary N) is 1. The molecule has 1 unspecified atom stereocenters. The first-order valence-electron chi connectivity index (χ1n) is 4.60. The molecule has 0 aliphatic rings. The van der Waals surface area contributed by atoms with Crippen LogP contribution in [0.4, 0.5) is 0 Å². The molecule has 14 heavy (non-hydrogen) atoms. The van der Waals surface area contributed by atoms with Gasteiger partial charge in [0.1, 0.15) is 0 Å². The van der Waals surface area contributed by atoms with Gasteiger partial charge in [-0.2, -0.15) is 0 Å². The lowest BCUT2D eigenvalue weighted by Gasteiger charge is -2.16. The molecule has 3 N–H and O–H groups in total. The number of hydrogen-bond acceptors (Lipinski definition) is 3. The van der Waals surface area contributed by atoms with Crippen LogP contribution < -0.4 is 11.1 Å². The van der Waals surface area contributed by atoms with Gasteiger partial charge in [0.25, 0.3) is 0 Å². The predicted molar refractivity (Wildman–Crippen MR) is 54.6 cm³/mol. The van der Waals surface area contributed by atoms with E-state index in [-0.39, 0.29) is 24.3 Å². The Morgan fingerprint density at radius 2 is 1.86 bits per heavy atom. The number of nitrogens with two attached hydrogens (primary N) is 1. The maximum absolute atomic E-state index is 11.3. The van der Waals surface area contributed by atoms with Gasteiger partial charge in [-0.25, -0.2) is 0 Å². The van der Waals surface area contributed by atoms with E-state index in [0.29, 0.717) is 0 Å². The average molecular weight is 201 g/mol. The second-order valence-electron chi connectivity index (χ2n) is 3.76. The fourth-order valence-electron chi connectivity index (χ4n) is 0.855. The Morgan fingerprint density at radius 1 is 1.36 bits per heavy atom. The molecule has 0 heterocycles. The van der Waals surface area contributed by atoms with E-state index in [1.807, 2.05) is 13.8 Å². The van der Waals surface area contributed by atoms with E-state index >= 15 is 0 Å². The fraction of sp³-hybridized carbons (Fsp3) is 0.778. The van der Waals surface area contributed by atoms with Gasteiger partial charge < -0.3 is 16.0 Å². The van der Waals surface area contributed by atoms with Crippen LogP contribution >= 0.6 is 0 Å². The highest BCUT2D eigenvalue weighted by atomic mass is 16.2. The summed E-state index contributed by atoms with van der Waals surface area (Å²) in [4.78, 5) is 23.9. The molecule has 0 aromatic heterocycles. The summed E-state index contributed by atoms with van der Waals surface area (Å²) in [5.41, 5.74) is 5.54. The number of carbonyl (C=O) groups excluding carboxylic acids is 2. The molecule has 0 rings (SSSR count). The molecule has 5 nitrogen and oxygen atoms in total. The highest BCUT2D eigenvalue weighted by molar-refractivity contribution is 5.88. The average Bonchev–Trinajstić information content (AvgIpc) is 2.02. The zero-order chi connectivity index (χ0) is 11.3. The maximum atomic E-state index is 11.3. The molecule has 0 fully saturated rings. The van der Waals surface area contributed by atoms with Crippen molar-refractivity contribution in [2.45, 2.75) is 32.4 Å². The molecule has 5 heteroatoms. The fourth-order valence-corrected chi connectivity index (χ4v) is 0.855. The lowest BCUT2D eigenvalue weighted by atomic mass is 10.2. The van der Waals surface area contributed by atoms with Gasteiger partial charge in [-0.1, -0.05) is 0 Å². The zero-order valence-corrected chi connectivity index (χ0v) is 9.20. The molecule has 0 radical (unpaired) electrons. The van der Waals surface area contributed by atoms with E-state index in [1.54, 1.807) is 14.1 Å². The van der Waals surface area contributed by atoms with Crippen molar-refractivity contribution >= 4 is 11.8 Å². The van der Waals surface area contributed by atoms with E-state index in [4.69, 9.17) is 5.73 Å². The molecule has 1 atom stereocenters. The van der Waals surface area contributed by atoms with Crippen molar-refractivity contribution in [3.8, 4) is 0 Å². The largest absolute Gasteiger partial charge is 0.353 e. The Hall–Kier alpha value is -1.10. The van der Waals surface area contributed by atoms with E-state index in [9.17, 15) is 9.59 Å². The SMILES string of the molecule is CC(C)NC(=O)C(N)CC(=O)N(C)C. The molecule has 0 aliphatic carbocycles. The van der Waals surface area contributed by atoms with Gasteiger partial charge >= 0.3 is 0 Å². The van der Waals surface area contributed by atoms with Crippen molar-refractivity contribution in [1.82, 2.24) is 10.2 Å². The van der Waals surface area contributed by atoms with Gasteiger partial charge in [0.15, 0.2) is 0 Å². The number of nitrogens with zero attached hydrogens (tertiary/aromatic N) is 1. The second-order valence-corrected chi connectivity index (χ2v) is 3.76. The lowest BCUT2D eigenvalue weighted by molar-refractivity contribution is -0.132. The Bertz CT molecular complexity index is 214. The standard InChI is InChI=1S/C9H19N3O2/c1-6(2)11-9(14)7(10)5-8(13)12(3)4/h6-7H,5,10H2,1-4H3,(H,11,14). The molecule has 0 saturated heterocycles. The van der Waals surface area contributed by atoms with Crippen LogP contribution in [0.5, 0.6) is 0 Å². The Kier molecular flexibility index (Phi) is 5.15. The Labute approximate surface area is 84.6 Å². The van der Waals surface area contributed by atoms with Crippen molar-refractivity contribution < 1.29 is 9.59 Å². The van der Waals surface area contributed by atoms with Crippen LogP contribution in [0.1, 0.15) is 20.3 Å². The smallest absolute Gasteiger partial charge is 0.237 e. The summed E-state index contributed by atoms with van der Waals surface area (Å²) in [5.74, 6) is -0.424. The monoisotopic (exact) mass is 201 g/mol. The zero-order valence-electron chi connectivity index (χ0n) is 9.20. The summed E-state index contributed by atoms with van der Waals surface area (Å²) in [6.07, 6.45) is 0.0472. The van der Waals surface area contributed by atoms with Gasteiger partial charge in [0, 0.05) is 20.1 Å². The highest BCUT2D eigenvalue weighted by Gasteiger charge is 2.18. The Balaban J connectivity index is 4.01. The van der Waals surface area contributed by atoms with Crippen molar-refractivity contribution in [3.05, 3.63) is 0 Å². The maximum Gasteiger partial charge on any atom is 0.237 e. The number of hydrogen-bond donors (Lipinski definition) is 2. The molecular formula is C9H19N3O2. The third-order valence-electron chi connectivity index (χ3n) is 1.66. The van der Waals surface area contributed by atoms with Crippen molar-refractivity contribution in [2.24, 2.45) is 5.73 Å². The summed E-state index contributed by atoms with van der Waals surface area (Å²) in [6, 6.07) is -0.713. The number of rotatable bonds is 4. The molecule has 0 aromatic carbocycles. The topological polar surface area (TPSA) is 75.4 Å². The molecule has 0 saturated carbocycles. The quantitative estimate of drug-likeness (QED) is 0.632. The molecule has 0 aromatic rings. The minimum absolute atomic E-state index is 0.0445. The van der Waals surface area contributed by atoms with Gasteiger partial charge in [-0.3, -0.25) is 9.59 Å².